The number of ether oxygens (including phenoxy) is 1. The molecule has 1 fully saturated rings. The van der Waals surface area contributed by atoms with Crippen molar-refractivity contribution in [1.82, 2.24) is 4.90 Å². The number of methoxy groups -OCH3 is 1. The number of anilines is 1. The molecule has 0 spiro atoms. The maximum atomic E-state index is 12.4. The van der Waals surface area contributed by atoms with E-state index in [2.05, 4.69) is 37.1 Å². The summed E-state index contributed by atoms with van der Waals surface area (Å²) in [5, 5.41) is 3.47. The molecule has 0 bridgehead atoms. The SMILES string of the molecule is COC(=O)C1(Nc2ccccc2C)CCN(C(C)C)CC1. The molecule has 1 saturated heterocycles. The fourth-order valence-electron chi connectivity index (χ4n) is 2.97. The maximum absolute atomic E-state index is 12.4. The molecule has 1 N–H and O–H groups in total. The predicted molar refractivity (Wildman–Crippen MR) is 85.5 cm³/mol. The third kappa shape index (κ3) is 3.38. The number of aryl methyl sites for hydroxylation is 1. The van der Waals surface area contributed by atoms with Gasteiger partial charge in [0, 0.05) is 24.8 Å². The number of carbonyl (C=O) groups excluding carboxylic acids is 1. The highest BCUT2D eigenvalue weighted by atomic mass is 16.5. The molecule has 4 heteroatoms. The van der Waals surface area contributed by atoms with Crippen molar-refractivity contribution in [2.75, 3.05) is 25.5 Å². The van der Waals surface area contributed by atoms with Crippen molar-refractivity contribution < 1.29 is 9.53 Å². The van der Waals surface area contributed by atoms with E-state index in [0.29, 0.717) is 6.04 Å². The van der Waals surface area contributed by atoms with Crippen molar-refractivity contribution in [2.24, 2.45) is 0 Å². The quantitative estimate of drug-likeness (QED) is 0.866. The van der Waals surface area contributed by atoms with E-state index in [9.17, 15) is 4.79 Å². The van der Waals surface area contributed by atoms with E-state index in [1.54, 1.807) is 0 Å². The molecule has 1 aliphatic rings. The van der Waals surface area contributed by atoms with Gasteiger partial charge in [-0.05, 0) is 45.2 Å². The number of piperidine rings is 1. The van der Waals surface area contributed by atoms with Crippen LogP contribution in [0.25, 0.3) is 0 Å². The van der Waals surface area contributed by atoms with Crippen LogP contribution < -0.4 is 5.32 Å². The van der Waals surface area contributed by atoms with Crippen LogP contribution in [0.1, 0.15) is 32.3 Å². The number of para-hydroxylation sites is 1. The highest BCUT2D eigenvalue weighted by molar-refractivity contribution is 5.85. The fourth-order valence-corrected chi connectivity index (χ4v) is 2.97. The number of esters is 1. The van der Waals surface area contributed by atoms with Crippen LogP contribution in [0.3, 0.4) is 0 Å². The molecule has 1 heterocycles. The standard InChI is InChI=1S/C17H26N2O2/c1-13(2)19-11-9-17(10-12-19,16(20)21-4)18-15-8-6-5-7-14(15)3/h5-8,13,18H,9-12H2,1-4H3. The van der Waals surface area contributed by atoms with Crippen molar-refractivity contribution >= 4 is 11.7 Å². The molecule has 21 heavy (non-hydrogen) atoms. The van der Waals surface area contributed by atoms with Gasteiger partial charge in [0.05, 0.1) is 7.11 Å². The number of hydrogen-bond acceptors (Lipinski definition) is 4. The zero-order chi connectivity index (χ0) is 15.5. The van der Waals surface area contributed by atoms with Gasteiger partial charge in [0.1, 0.15) is 5.54 Å². The predicted octanol–water partition coefficient (Wildman–Crippen LogP) is 2.82. The monoisotopic (exact) mass is 290 g/mol. The minimum Gasteiger partial charge on any atom is -0.467 e. The summed E-state index contributed by atoms with van der Waals surface area (Å²) in [7, 11) is 1.47. The Morgan fingerprint density at radius 1 is 1.29 bits per heavy atom. The lowest BCUT2D eigenvalue weighted by Gasteiger charge is -2.42. The van der Waals surface area contributed by atoms with Crippen LogP contribution in [0, 0.1) is 6.92 Å². The molecule has 0 aromatic heterocycles. The average molecular weight is 290 g/mol. The van der Waals surface area contributed by atoms with E-state index in [1.165, 1.54) is 7.11 Å². The van der Waals surface area contributed by atoms with Crippen molar-refractivity contribution in [2.45, 2.75) is 45.2 Å². The lowest BCUT2D eigenvalue weighted by molar-refractivity contribution is -0.148. The van der Waals surface area contributed by atoms with Gasteiger partial charge in [-0.1, -0.05) is 18.2 Å². The first-order valence-corrected chi connectivity index (χ1v) is 7.65. The number of likely N-dealkylation sites (tertiary alicyclic amines) is 1. The van der Waals surface area contributed by atoms with Gasteiger partial charge in [0.25, 0.3) is 0 Å². The van der Waals surface area contributed by atoms with E-state index in [4.69, 9.17) is 4.74 Å². The highest BCUT2D eigenvalue weighted by Crippen LogP contribution is 2.30. The lowest BCUT2D eigenvalue weighted by Crippen LogP contribution is -2.56. The molecule has 0 atom stereocenters. The van der Waals surface area contributed by atoms with Crippen LogP contribution in [-0.2, 0) is 9.53 Å². The van der Waals surface area contributed by atoms with E-state index in [1.807, 2.05) is 18.2 Å². The smallest absolute Gasteiger partial charge is 0.331 e. The Labute approximate surface area is 127 Å². The summed E-state index contributed by atoms with van der Waals surface area (Å²) in [4.78, 5) is 14.8. The molecule has 4 nitrogen and oxygen atoms in total. The second-order valence-electron chi connectivity index (χ2n) is 6.14. The second-order valence-corrected chi connectivity index (χ2v) is 6.14. The maximum Gasteiger partial charge on any atom is 0.331 e. The Kier molecular flexibility index (Phi) is 4.88. The highest BCUT2D eigenvalue weighted by Gasteiger charge is 2.43. The molecule has 0 saturated carbocycles. The molecular formula is C17H26N2O2. The molecule has 0 aliphatic carbocycles. The van der Waals surface area contributed by atoms with Crippen molar-refractivity contribution in [3.8, 4) is 0 Å². The Balaban J connectivity index is 2.20. The molecule has 0 amide bonds. The van der Waals surface area contributed by atoms with E-state index in [-0.39, 0.29) is 5.97 Å². The Morgan fingerprint density at radius 3 is 2.43 bits per heavy atom. The molecule has 1 aromatic carbocycles. The first kappa shape index (κ1) is 15.8. The van der Waals surface area contributed by atoms with Crippen molar-refractivity contribution in [1.29, 1.82) is 0 Å². The summed E-state index contributed by atoms with van der Waals surface area (Å²) in [5.74, 6) is -0.158. The van der Waals surface area contributed by atoms with Crippen molar-refractivity contribution in [3.05, 3.63) is 29.8 Å². The van der Waals surface area contributed by atoms with Gasteiger partial charge in [0.15, 0.2) is 0 Å². The second kappa shape index (κ2) is 6.48. The summed E-state index contributed by atoms with van der Waals surface area (Å²) in [6, 6.07) is 8.58. The van der Waals surface area contributed by atoms with E-state index >= 15 is 0 Å². The van der Waals surface area contributed by atoms with Crippen LogP contribution in [0.4, 0.5) is 5.69 Å². The average Bonchev–Trinajstić information content (AvgIpc) is 2.49. The van der Waals surface area contributed by atoms with Gasteiger partial charge in [-0.3, -0.25) is 0 Å². The zero-order valence-corrected chi connectivity index (χ0v) is 13.5. The van der Waals surface area contributed by atoms with Crippen molar-refractivity contribution in [3.63, 3.8) is 0 Å². The van der Waals surface area contributed by atoms with Crippen LogP contribution >= 0.6 is 0 Å². The number of nitrogens with one attached hydrogen (secondary N) is 1. The van der Waals surface area contributed by atoms with Crippen LogP contribution in [0.5, 0.6) is 0 Å². The number of benzene rings is 1. The van der Waals surface area contributed by atoms with Crippen LogP contribution in [0.15, 0.2) is 24.3 Å². The third-order valence-corrected chi connectivity index (χ3v) is 4.48. The molecular weight excluding hydrogens is 264 g/mol. The van der Waals surface area contributed by atoms with E-state index in [0.717, 1.165) is 37.2 Å². The summed E-state index contributed by atoms with van der Waals surface area (Å²) in [6.45, 7) is 8.26. The Morgan fingerprint density at radius 2 is 1.90 bits per heavy atom. The summed E-state index contributed by atoms with van der Waals surface area (Å²) in [6.07, 6.45) is 1.54. The van der Waals surface area contributed by atoms with Gasteiger partial charge in [-0.2, -0.15) is 0 Å². The zero-order valence-electron chi connectivity index (χ0n) is 13.5. The molecule has 0 unspecified atom stereocenters. The summed E-state index contributed by atoms with van der Waals surface area (Å²) in [5.41, 5.74) is 1.56. The molecule has 116 valence electrons. The van der Waals surface area contributed by atoms with Crippen LogP contribution in [-0.4, -0.2) is 42.6 Å². The van der Waals surface area contributed by atoms with Gasteiger partial charge >= 0.3 is 5.97 Å². The fraction of sp³-hybridized carbons (Fsp3) is 0.588. The largest absolute Gasteiger partial charge is 0.467 e. The van der Waals surface area contributed by atoms with Gasteiger partial charge < -0.3 is 15.0 Å². The summed E-state index contributed by atoms with van der Waals surface area (Å²) >= 11 is 0. The third-order valence-electron chi connectivity index (χ3n) is 4.48. The topological polar surface area (TPSA) is 41.6 Å². The molecule has 2 rings (SSSR count). The number of carbonyl (C=O) groups is 1. The number of hydrogen-bond donors (Lipinski definition) is 1. The molecule has 1 aliphatic heterocycles. The van der Waals surface area contributed by atoms with E-state index < -0.39 is 5.54 Å². The minimum atomic E-state index is -0.605. The van der Waals surface area contributed by atoms with Gasteiger partial charge in [-0.25, -0.2) is 4.79 Å². The van der Waals surface area contributed by atoms with Gasteiger partial charge in [0.2, 0.25) is 0 Å². The molecule has 1 aromatic rings. The number of rotatable bonds is 4. The van der Waals surface area contributed by atoms with Crippen LogP contribution in [0.2, 0.25) is 0 Å². The first-order chi connectivity index (χ1) is 9.98. The minimum absolute atomic E-state index is 0.158. The lowest BCUT2D eigenvalue weighted by atomic mass is 9.86. The molecule has 0 radical (unpaired) electrons. The Bertz CT molecular complexity index is 491. The summed E-state index contributed by atoms with van der Waals surface area (Å²) < 4.78 is 5.08. The number of nitrogens with zero attached hydrogens (tertiary/aromatic N) is 1. The van der Waals surface area contributed by atoms with Gasteiger partial charge in [-0.15, -0.1) is 0 Å². The first-order valence-electron chi connectivity index (χ1n) is 7.65. The normalized spacial score (nSPS) is 18.5. The Hall–Kier alpha value is -1.55.